The predicted octanol–water partition coefficient (Wildman–Crippen LogP) is 1.41. The number of rotatable bonds is 3. The van der Waals surface area contributed by atoms with E-state index in [1.165, 1.54) is 5.56 Å². The summed E-state index contributed by atoms with van der Waals surface area (Å²) < 4.78 is 1.87. The lowest BCUT2D eigenvalue weighted by molar-refractivity contribution is 0.0790. The van der Waals surface area contributed by atoms with Crippen LogP contribution in [0, 0.1) is 6.92 Å². The maximum Gasteiger partial charge on any atom is 0.257 e. The Kier molecular flexibility index (Phi) is 3.75. The lowest BCUT2D eigenvalue weighted by Crippen LogP contribution is -2.32. The fourth-order valence-electron chi connectivity index (χ4n) is 2.71. The Labute approximate surface area is 124 Å². The molecule has 1 saturated heterocycles. The molecule has 1 fully saturated rings. The molecule has 1 aromatic carbocycles. The first-order valence-corrected chi connectivity index (χ1v) is 7.26. The summed E-state index contributed by atoms with van der Waals surface area (Å²) in [6.07, 6.45) is 2.55. The molecule has 2 heterocycles. The van der Waals surface area contributed by atoms with Crippen molar-refractivity contribution in [3.8, 4) is 0 Å². The third kappa shape index (κ3) is 2.83. The molecule has 1 atom stereocenters. The highest BCUT2D eigenvalue weighted by Crippen LogP contribution is 2.16. The third-order valence-corrected chi connectivity index (χ3v) is 4.02. The van der Waals surface area contributed by atoms with Crippen molar-refractivity contribution in [1.82, 2.24) is 14.7 Å². The number of nitrogens with zero attached hydrogens (tertiary/aromatic N) is 3. The maximum absolute atomic E-state index is 12.5. The number of aromatic nitrogens is 2. The molecule has 2 aromatic rings. The van der Waals surface area contributed by atoms with Crippen LogP contribution in [0.2, 0.25) is 0 Å². The second-order valence-corrected chi connectivity index (χ2v) is 5.59. The van der Waals surface area contributed by atoms with E-state index in [4.69, 9.17) is 5.73 Å². The van der Waals surface area contributed by atoms with Gasteiger partial charge in [-0.15, -0.1) is 0 Å². The van der Waals surface area contributed by atoms with E-state index in [1.807, 2.05) is 34.7 Å². The first-order chi connectivity index (χ1) is 10.1. The van der Waals surface area contributed by atoms with E-state index in [9.17, 15) is 4.79 Å². The Morgan fingerprint density at radius 3 is 2.81 bits per heavy atom. The van der Waals surface area contributed by atoms with Gasteiger partial charge in [-0.2, -0.15) is 5.10 Å². The van der Waals surface area contributed by atoms with Gasteiger partial charge in [-0.1, -0.05) is 30.3 Å². The van der Waals surface area contributed by atoms with Gasteiger partial charge in [-0.3, -0.25) is 9.48 Å². The third-order valence-electron chi connectivity index (χ3n) is 4.02. The SMILES string of the molecule is Cc1c(C(=O)N2CC[C@@H](N)C2)cnn1Cc1ccccc1. The van der Waals surface area contributed by atoms with Crippen molar-refractivity contribution in [3.05, 3.63) is 53.3 Å². The van der Waals surface area contributed by atoms with Crippen LogP contribution in [0.25, 0.3) is 0 Å². The van der Waals surface area contributed by atoms with E-state index in [1.54, 1.807) is 6.20 Å². The lowest BCUT2D eigenvalue weighted by Gasteiger charge is -2.15. The van der Waals surface area contributed by atoms with Crippen molar-refractivity contribution in [2.75, 3.05) is 13.1 Å². The molecule has 1 aliphatic rings. The normalized spacial score (nSPS) is 18.2. The maximum atomic E-state index is 12.5. The lowest BCUT2D eigenvalue weighted by atomic mass is 10.2. The molecule has 0 radical (unpaired) electrons. The zero-order chi connectivity index (χ0) is 14.8. The summed E-state index contributed by atoms with van der Waals surface area (Å²) >= 11 is 0. The second-order valence-electron chi connectivity index (χ2n) is 5.59. The van der Waals surface area contributed by atoms with E-state index in [0.717, 1.165) is 18.7 Å². The number of hydrogen-bond donors (Lipinski definition) is 1. The van der Waals surface area contributed by atoms with Gasteiger partial charge < -0.3 is 10.6 Å². The monoisotopic (exact) mass is 284 g/mol. The van der Waals surface area contributed by atoms with E-state index < -0.39 is 0 Å². The van der Waals surface area contributed by atoms with E-state index in [-0.39, 0.29) is 11.9 Å². The molecule has 0 bridgehead atoms. The zero-order valence-corrected chi connectivity index (χ0v) is 12.2. The van der Waals surface area contributed by atoms with Crippen LogP contribution in [-0.2, 0) is 6.54 Å². The van der Waals surface area contributed by atoms with Crippen molar-refractivity contribution < 1.29 is 4.79 Å². The quantitative estimate of drug-likeness (QED) is 0.927. The number of likely N-dealkylation sites (tertiary alicyclic amines) is 1. The van der Waals surface area contributed by atoms with Gasteiger partial charge in [0.15, 0.2) is 0 Å². The smallest absolute Gasteiger partial charge is 0.257 e. The highest BCUT2D eigenvalue weighted by atomic mass is 16.2. The van der Waals surface area contributed by atoms with Gasteiger partial charge in [0.05, 0.1) is 18.3 Å². The Hall–Kier alpha value is -2.14. The molecular weight excluding hydrogens is 264 g/mol. The summed E-state index contributed by atoms with van der Waals surface area (Å²) in [7, 11) is 0. The summed E-state index contributed by atoms with van der Waals surface area (Å²) in [4.78, 5) is 14.3. The highest BCUT2D eigenvalue weighted by Gasteiger charge is 2.26. The van der Waals surface area contributed by atoms with E-state index in [2.05, 4.69) is 17.2 Å². The first kappa shape index (κ1) is 13.8. The average molecular weight is 284 g/mol. The van der Waals surface area contributed by atoms with Gasteiger partial charge in [0, 0.05) is 24.8 Å². The molecule has 0 unspecified atom stereocenters. The molecule has 0 aliphatic carbocycles. The van der Waals surface area contributed by atoms with Crippen LogP contribution >= 0.6 is 0 Å². The molecule has 0 spiro atoms. The Morgan fingerprint density at radius 2 is 2.14 bits per heavy atom. The average Bonchev–Trinajstić information content (AvgIpc) is 3.07. The fraction of sp³-hybridized carbons (Fsp3) is 0.375. The highest BCUT2D eigenvalue weighted by molar-refractivity contribution is 5.95. The zero-order valence-electron chi connectivity index (χ0n) is 12.2. The summed E-state index contributed by atoms with van der Waals surface area (Å²) in [6.45, 7) is 4.00. The molecule has 1 amide bonds. The van der Waals surface area contributed by atoms with Crippen molar-refractivity contribution >= 4 is 5.91 Å². The molecule has 0 saturated carbocycles. The Bertz CT molecular complexity index is 635. The largest absolute Gasteiger partial charge is 0.337 e. The number of nitrogens with two attached hydrogens (primary N) is 1. The summed E-state index contributed by atoms with van der Waals surface area (Å²) in [5.41, 5.74) is 8.63. The molecule has 1 aromatic heterocycles. The summed E-state index contributed by atoms with van der Waals surface area (Å²) in [5, 5.41) is 4.36. The van der Waals surface area contributed by atoms with Crippen LogP contribution in [0.15, 0.2) is 36.5 Å². The minimum atomic E-state index is 0.0414. The van der Waals surface area contributed by atoms with Crippen LogP contribution in [0.5, 0.6) is 0 Å². The molecule has 110 valence electrons. The van der Waals surface area contributed by atoms with Gasteiger partial charge >= 0.3 is 0 Å². The van der Waals surface area contributed by atoms with Crippen molar-refractivity contribution in [3.63, 3.8) is 0 Å². The van der Waals surface area contributed by atoms with E-state index >= 15 is 0 Å². The van der Waals surface area contributed by atoms with Crippen LogP contribution < -0.4 is 5.73 Å². The predicted molar refractivity (Wildman–Crippen MR) is 81.0 cm³/mol. The molecule has 5 heteroatoms. The van der Waals surface area contributed by atoms with Crippen LogP contribution in [0.4, 0.5) is 0 Å². The number of benzene rings is 1. The van der Waals surface area contributed by atoms with E-state index in [0.29, 0.717) is 18.7 Å². The van der Waals surface area contributed by atoms with Gasteiger partial charge in [0.1, 0.15) is 0 Å². The van der Waals surface area contributed by atoms with Gasteiger partial charge in [-0.25, -0.2) is 0 Å². The molecule has 2 N–H and O–H groups in total. The second kappa shape index (κ2) is 5.69. The van der Waals surface area contributed by atoms with Gasteiger partial charge in [-0.05, 0) is 18.9 Å². The first-order valence-electron chi connectivity index (χ1n) is 7.26. The number of hydrogen-bond acceptors (Lipinski definition) is 3. The minimum Gasteiger partial charge on any atom is -0.337 e. The summed E-state index contributed by atoms with van der Waals surface area (Å²) in [6, 6.07) is 10.2. The molecule has 3 rings (SSSR count). The Balaban J connectivity index is 1.78. The van der Waals surface area contributed by atoms with Crippen LogP contribution in [0.1, 0.15) is 28.0 Å². The van der Waals surface area contributed by atoms with Gasteiger partial charge in [0.2, 0.25) is 0 Å². The number of carbonyl (C=O) groups is 1. The van der Waals surface area contributed by atoms with Gasteiger partial charge in [0.25, 0.3) is 5.91 Å². The fourth-order valence-corrected chi connectivity index (χ4v) is 2.71. The number of carbonyl (C=O) groups excluding carboxylic acids is 1. The topological polar surface area (TPSA) is 64.2 Å². The van der Waals surface area contributed by atoms with Crippen molar-refractivity contribution in [2.24, 2.45) is 5.73 Å². The molecular formula is C16H20N4O. The molecule has 21 heavy (non-hydrogen) atoms. The van der Waals surface area contributed by atoms with Crippen LogP contribution in [0.3, 0.4) is 0 Å². The minimum absolute atomic E-state index is 0.0414. The molecule has 1 aliphatic heterocycles. The number of amides is 1. The molecule has 5 nitrogen and oxygen atoms in total. The van der Waals surface area contributed by atoms with Crippen molar-refractivity contribution in [1.29, 1.82) is 0 Å². The Morgan fingerprint density at radius 1 is 1.38 bits per heavy atom. The summed E-state index contributed by atoms with van der Waals surface area (Å²) in [5.74, 6) is 0.0414. The van der Waals surface area contributed by atoms with Crippen LogP contribution in [-0.4, -0.2) is 39.7 Å². The van der Waals surface area contributed by atoms with Crippen molar-refractivity contribution in [2.45, 2.75) is 25.9 Å². The standard InChI is InChI=1S/C16H20N4O/c1-12-15(16(21)19-8-7-14(17)11-19)9-18-20(12)10-13-5-3-2-4-6-13/h2-6,9,14H,7-8,10-11,17H2,1H3/t14-/m1/s1.